The van der Waals surface area contributed by atoms with E-state index in [4.69, 9.17) is 9.72 Å². The maximum Gasteiger partial charge on any atom is 0.260 e. The molecule has 1 fully saturated rings. The number of benzene rings is 3. The number of carbonyl (C=O) groups is 1. The number of aryl methyl sites for hydroxylation is 1. The smallest absolute Gasteiger partial charge is 0.260 e. The Morgan fingerprint density at radius 1 is 1.06 bits per heavy atom. The normalized spacial score (nSPS) is 15.8. The molecule has 32 heavy (non-hydrogen) atoms. The summed E-state index contributed by atoms with van der Waals surface area (Å²) in [6.45, 7) is 3.37. The summed E-state index contributed by atoms with van der Waals surface area (Å²) in [5, 5.41) is 0.736. The van der Waals surface area contributed by atoms with Crippen molar-refractivity contribution < 1.29 is 9.53 Å². The van der Waals surface area contributed by atoms with Crippen molar-refractivity contribution in [1.82, 2.24) is 4.98 Å². The van der Waals surface area contributed by atoms with Crippen LogP contribution in [0.1, 0.15) is 39.9 Å². The van der Waals surface area contributed by atoms with E-state index >= 15 is 0 Å². The van der Waals surface area contributed by atoms with Crippen molar-refractivity contribution >= 4 is 32.6 Å². The van der Waals surface area contributed by atoms with Gasteiger partial charge in [0, 0.05) is 12.2 Å². The SMILES string of the molecule is Cc1ccc2nc(N(CC3CCCO3)C(=O)c3ccc(Cc4ccccc4)cc3)sc2c1. The molecule has 1 unspecified atom stereocenters. The lowest BCUT2D eigenvalue weighted by atomic mass is 10.0. The fraction of sp³-hybridized carbons (Fsp3) is 0.259. The summed E-state index contributed by atoms with van der Waals surface area (Å²) in [6, 6.07) is 24.5. The van der Waals surface area contributed by atoms with E-state index in [1.807, 2.05) is 41.3 Å². The van der Waals surface area contributed by atoms with Crippen molar-refractivity contribution in [3.8, 4) is 0 Å². The first-order chi connectivity index (χ1) is 15.7. The molecule has 0 N–H and O–H groups in total. The Hall–Kier alpha value is -3.02. The number of hydrogen-bond donors (Lipinski definition) is 0. The second kappa shape index (κ2) is 9.23. The molecule has 1 aromatic heterocycles. The van der Waals surface area contributed by atoms with Gasteiger partial charge in [0.15, 0.2) is 5.13 Å². The fourth-order valence-corrected chi connectivity index (χ4v) is 5.20. The molecule has 1 aliphatic rings. The van der Waals surface area contributed by atoms with Crippen LogP contribution in [-0.2, 0) is 11.2 Å². The van der Waals surface area contributed by atoms with Gasteiger partial charge in [-0.3, -0.25) is 9.69 Å². The lowest BCUT2D eigenvalue weighted by molar-refractivity contribution is 0.0917. The molecule has 0 radical (unpaired) electrons. The number of aromatic nitrogens is 1. The first kappa shape index (κ1) is 20.9. The summed E-state index contributed by atoms with van der Waals surface area (Å²) in [5.74, 6) is -0.0254. The molecular weight excluding hydrogens is 416 g/mol. The van der Waals surface area contributed by atoms with Crippen LogP contribution in [0, 0.1) is 6.92 Å². The summed E-state index contributed by atoms with van der Waals surface area (Å²) >= 11 is 1.57. The van der Waals surface area contributed by atoms with Crippen LogP contribution in [0.5, 0.6) is 0 Å². The van der Waals surface area contributed by atoms with Gasteiger partial charge in [-0.05, 0) is 67.1 Å². The third kappa shape index (κ3) is 4.59. The maximum atomic E-state index is 13.6. The van der Waals surface area contributed by atoms with Crippen molar-refractivity contribution in [2.24, 2.45) is 0 Å². The Bertz CT molecular complexity index is 1210. The van der Waals surface area contributed by atoms with E-state index in [9.17, 15) is 4.79 Å². The molecule has 0 spiro atoms. The van der Waals surface area contributed by atoms with Gasteiger partial charge in [0.05, 0.1) is 22.9 Å². The minimum absolute atomic E-state index is 0.0254. The van der Waals surface area contributed by atoms with Gasteiger partial charge in [-0.1, -0.05) is 59.9 Å². The molecule has 2 heterocycles. The molecule has 4 aromatic rings. The predicted molar refractivity (Wildman–Crippen MR) is 131 cm³/mol. The third-order valence-electron chi connectivity index (χ3n) is 5.87. The van der Waals surface area contributed by atoms with Gasteiger partial charge in [-0.25, -0.2) is 4.98 Å². The summed E-state index contributed by atoms with van der Waals surface area (Å²) in [5.41, 5.74) is 5.25. The van der Waals surface area contributed by atoms with Crippen molar-refractivity contribution in [3.63, 3.8) is 0 Å². The highest BCUT2D eigenvalue weighted by Gasteiger charge is 2.27. The van der Waals surface area contributed by atoms with Crippen LogP contribution in [0.25, 0.3) is 10.2 Å². The molecule has 162 valence electrons. The third-order valence-corrected chi connectivity index (χ3v) is 6.91. The van der Waals surface area contributed by atoms with Gasteiger partial charge >= 0.3 is 0 Å². The number of hydrogen-bond acceptors (Lipinski definition) is 4. The van der Waals surface area contributed by atoms with E-state index in [2.05, 4.69) is 43.3 Å². The molecule has 4 nitrogen and oxygen atoms in total. The Morgan fingerprint density at radius 2 is 1.84 bits per heavy atom. The first-order valence-electron chi connectivity index (χ1n) is 11.1. The van der Waals surface area contributed by atoms with Crippen molar-refractivity contribution in [2.45, 2.75) is 32.3 Å². The number of thiazole rings is 1. The average Bonchev–Trinajstić information content (AvgIpc) is 3.47. The monoisotopic (exact) mass is 442 g/mol. The summed E-state index contributed by atoms with van der Waals surface area (Å²) in [4.78, 5) is 20.2. The zero-order valence-corrected chi connectivity index (χ0v) is 19.0. The molecule has 1 amide bonds. The van der Waals surface area contributed by atoms with Gasteiger partial charge in [0.1, 0.15) is 0 Å². The second-order valence-corrected chi connectivity index (χ2v) is 9.39. The second-order valence-electron chi connectivity index (χ2n) is 8.38. The number of fused-ring (bicyclic) bond motifs is 1. The lowest BCUT2D eigenvalue weighted by Gasteiger charge is -2.23. The van der Waals surface area contributed by atoms with E-state index in [1.165, 1.54) is 16.7 Å². The van der Waals surface area contributed by atoms with E-state index in [0.717, 1.165) is 41.2 Å². The number of carbonyl (C=O) groups excluding carboxylic acids is 1. The van der Waals surface area contributed by atoms with Gasteiger partial charge < -0.3 is 4.74 Å². The molecule has 5 rings (SSSR count). The van der Waals surface area contributed by atoms with Crippen molar-refractivity contribution in [2.75, 3.05) is 18.1 Å². The largest absolute Gasteiger partial charge is 0.376 e. The van der Waals surface area contributed by atoms with Gasteiger partial charge in [-0.15, -0.1) is 0 Å². The standard InChI is InChI=1S/C27H26N2O2S/c1-19-9-14-24-25(16-19)32-27(28-24)29(18-23-8-5-15-31-23)26(30)22-12-10-21(11-13-22)17-20-6-3-2-4-7-20/h2-4,6-7,9-14,16,23H,5,8,15,17-18H2,1H3. The van der Waals surface area contributed by atoms with Crippen LogP contribution in [0.15, 0.2) is 72.8 Å². The summed E-state index contributed by atoms with van der Waals surface area (Å²) in [7, 11) is 0. The van der Waals surface area contributed by atoms with Gasteiger partial charge in [0.25, 0.3) is 5.91 Å². The highest BCUT2D eigenvalue weighted by Crippen LogP contribution is 2.31. The van der Waals surface area contributed by atoms with Crippen LogP contribution in [0.2, 0.25) is 0 Å². The Kier molecular flexibility index (Phi) is 6.02. The molecule has 0 aliphatic carbocycles. The minimum atomic E-state index is -0.0254. The minimum Gasteiger partial charge on any atom is -0.376 e. The Morgan fingerprint density at radius 3 is 2.59 bits per heavy atom. The Labute approximate surface area is 192 Å². The fourth-order valence-electron chi connectivity index (χ4n) is 4.13. The molecule has 1 saturated heterocycles. The average molecular weight is 443 g/mol. The molecule has 5 heteroatoms. The number of rotatable bonds is 6. The van der Waals surface area contributed by atoms with E-state index in [-0.39, 0.29) is 12.0 Å². The van der Waals surface area contributed by atoms with Crippen LogP contribution in [0.4, 0.5) is 5.13 Å². The van der Waals surface area contributed by atoms with Crippen LogP contribution in [0.3, 0.4) is 0 Å². The Balaban J connectivity index is 1.41. The zero-order chi connectivity index (χ0) is 21.9. The summed E-state index contributed by atoms with van der Waals surface area (Å²) < 4.78 is 6.95. The van der Waals surface area contributed by atoms with Crippen molar-refractivity contribution in [1.29, 1.82) is 0 Å². The number of nitrogens with zero attached hydrogens (tertiary/aromatic N) is 2. The molecule has 0 bridgehead atoms. The highest BCUT2D eigenvalue weighted by atomic mass is 32.1. The predicted octanol–water partition coefficient (Wildman–Crippen LogP) is 6.02. The number of anilines is 1. The van der Waals surface area contributed by atoms with Crippen LogP contribution < -0.4 is 4.90 Å². The molecule has 3 aromatic carbocycles. The van der Waals surface area contributed by atoms with Gasteiger partial charge in [-0.2, -0.15) is 0 Å². The highest BCUT2D eigenvalue weighted by molar-refractivity contribution is 7.22. The molecule has 1 aliphatic heterocycles. The number of ether oxygens (including phenoxy) is 1. The lowest BCUT2D eigenvalue weighted by Crippen LogP contribution is -2.37. The van der Waals surface area contributed by atoms with Crippen LogP contribution in [-0.4, -0.2) is 30.1 Å². The van der Waals surface area contributed by atoms with E-state index in [0.29, 0.717) is 12.1 Å². The van der Waals surface area contributed by atoms with Crippen LogP contribution >= 0.6 is 11.3 Å². The van der Waals surface area contributed by atoms with E-state index < -0.39 is 0 Å². The molecule has 0 saturated carbocycles. The van der Waals surface area contributed by atoms with Gasteiger partial charge in [0.2, 0.25) is 0 Å². The van der Waals surface area contributed by atoms with E-state index in [1.54, 1.807) is 11.3 Å². The van der Waals surface area contributed by atoms with Crippen molar-refractivity contribution in [3.05, 3.63) is 95.1 Å². The topological polar surface area (TPSA) is 42.4 Å². The molecular formula is C27H26N2O2S. The quantitative estimate of drug-likeness (QED) is 0.367. The maximum absolute atomic E-state index is 13.6. The summed E-state index contributed by atoms with van der Waals surface area (Å²) in [6.07, 6.45) is 2.93. The first-order valence-corrected chi connectivity index (χ1v) is 11.9. The molecule has 1 atom stereocenters. The number of amides is 1. The zero-order valence-electron chi connectivity index (χ0n) is 18.2.